The van der Waals surface area contributed by atoms with Gasteiger partial charge < -0.3 is 9.88 Å². The second-order valence-corrected chi connectivity index (χ2v) is 4.46. The van der Waals surface area contributed by atoms with E-state index in [0.29, 0.717) is 0 Å². The Bertz CT molecular complexity index is 570. The van der Waals surface area contributed by atoms with Crippen LogP contribution in [-0.2, 0) is 7.05 Å². The van der Waals surface area contributed by atoms with Gasteiger partial charge in [0.1, 0.15) is 0 Å². The molecule has 0 aliphatic carbocycles. The van der Waals surface area contributed by atoms with Crippen LogP contribution in [0.4, 0.5) is 5.95 Å². The Balaban J connectivity index is 2.13. The third-order valence-electron chi connectivity index (χ3n) is 3.06. The number of aliphatic imine (C=N–C) groups is 1. The second kappa shape index (κ2) is 6.22. The summed E-state index contributed by atoms with van der Waals surface area (Å²) < 4.78 is 2.03. The Labute approximate surface area is 113 Å². The predicted molar refractivity (Wildman–Crippen MR) is 80.6 cm³/mol. The van der Waals surface area contributed by atoms with E-state index in [9.17, 15) is 0 Å². The van der Waals surface area contributed by atoms with Crippen molar-refractivity contribution in [3.05, 3.63) is 24.3 Å². The highest BCUT2D eigenvalue weighted by atomic mass is 15.3. The molecule has 2 aromatic rings. The van der Waals surface area contributed by atoms with Crippen molar-refractivity contribution >= 4 is 22.9 Å². The lowest BCUT2D eigenvalue weighted by Crippen LogP contribution is -2.32. The number of nitrogens with one attached hydrogen (secondary N) is 2. The molecule has 0 bridgehead atoms. The summed E-state index contributed by atoms with van der Waals surface area (Å²) in [5.41, 5.74) is 2.09. The summed E-state index contributed by atoms with van der Waals surface area (Å²) in [6.45, 7) is 3.09. The van der Waals surface area contributed by atoms with Gasteiger partial charge in [0.15, 0.2) is 5.96 Å². The lowest BCUT2D eigenvalue weighted by atomic mass is 10.3. The van der Waals surface area contributed by atoms with Crippen molar-refractivity contribution in [1.82, 2.24) is 14.9 Å². The smallest absolute Gasteiger partial charge is 0.210 e. The summed E-state index contributed by atoms with van der Waals surface area (Å²) in [7, 11) is 3.76. The molecular weight excluding hydrogens is 238 g/mol. The highest BCUT2D eigenvalue weighted by Crippen LogP contribution is 2.17. The van der Waals surface area contributed by atoms with E-state index in [4.69, 9.17) is 0 Å². The maximum atomic E-state index is 4.56. The molecule has 102 valence electrons. The van der Waals surface area contributed by atoms with Crippen molar-refractivity contribution in [2.45, 2.75) is 19.8 Å². The van der Waals surface area contributed by atoms with Gasteiger partial charge >= 0.3 is 0 Å². The molecule has 1 aromatic heterocycles. The largest absolute Gasteiger partial charge is 0.356 e. The standard InChI is InChI=1S/C14H21N5/c1-4-5-10-16-13(15-2)18-14-17-11-8-6-7-9-12(11)19(14)3/h6-9H,4-5,10H2,1-3H3,(H2,15,16,17,18). The lowest BCUT2D eigenvalue weighted by Gasteiger charge is -2.10. The Kier molecular flexibility index (Phi) is 4.39. The van der Waals surface area contributed by atoms with Gasteiger partial charge in [0, 0.05) is 20.6 Å². The first-order chi connectivity index (χ1) is 9.26. The number of imidazole rings is 1. The monoisotopic (exact) mass is 259 g/mol. The van der Waals surface area contributed by atoms with Gasteiger partial charge in [-0.3, -0.25) is 10.3 Å². The van der Waals surface area contributed by atoms with Crippen molar-refractivity contribution in [2.24, 2.45) is 12.0 Å². The highest BCUT2D eigenvalue weighted by molar-refractivity contribution is 5.93. The van der Waals surface area contributed by atoms with E-state index in [2.05, 4.69) is 33.6 Å². The minimum Gasteiger partial charge on any atom is -0.356 e. The zero-order valence-electron chi connectivity index (χ0n) is 11.8. The molecule has 2 rings (SSSR count). The SMILES string of the molecule is CCCCNC(=NC)Nc1nc2ccccc2n1C. The number of fused-ring (bicyclic) bond motifs is 1. The van der Waals surface area contributed by atoms with Crippen LogP contribution in [0.2, 0.25) is 0 Å². The molecule has 0 fully saturated rings. The Morgan fingerprint density at radius 1 is 1.37 bits per heavy atom. The number of para-hydroxylation sites is 2. The number of hydrogen-bond donors (Lipinski definition) is 2. The summed E-state index contributed by atoms with van der Waals surface area (Å²) in [6, 6.07) is 8.07. The Hall–Kier alpha value is -2.04. The molecule has 19 heavy (non-hydrogen) atoms. The van der Waals surface area contributed by atoms with Crippen molar-refractivity contribution in [2.75, 3.05) is 18.9 Å². The van der Waals surface area contributed by atoms with E-state index >= 15 is 0 Å². The molecule has 5 nitrogen and oxygen atoms in total. The number of unbranched alkanes of at least 4 members (excludes halogenated alkanes) is 1. The predicted octanol–water partition coefficient (Wildman–Crippen LogP) is 2.36. The molecule has 0 aliphatic rings. The number of nitrogens with zero attached hydrogens (tertiary/aromatic N) is 3. The van der Waals surface area contributed by atoms with Gasteiger partial charge in [-0.05, 0) is 18.6 Å². The summed E-state index contributed by atoms with van der Waals surface area (Å²) in [4.78, 5) is 8.77. The van der Waals surface area contributed by atoms with Crippen molar-refractivity contribution in [3.63, 3.8) is 0 Å². The third-order valence-corrected chi connectivity index (χ3v) is 3.06. The molecule has 2 N–H and O–H groups in total. The summed E-state index contributed by atoms with van der Waals surface area (Å²) in [6.07, 6.45) is 2.29. The topological polar surface area (TPSA) is 54.2 Å². The van der Waals surface area contributed by atoms with E-state index in [-0.39, 0.29) is 0 Å². The van der Waals surface area contributed by atoms with Gasteiger partial charge in [-0.15, -0.1) is 0 Å². The molecule has 1 aromatic carbocycles. The number of hydrogen-bond acceptors (Lipinski definition) is 2. The number of rotatable bonds is 4. The summed E-state index contributed by atoms with van der Waals surface area (Å²) in [5.74, 6) is 1.55. The molecule has 0 spiro atoms. The molecule has 0 saturated carbocycles. The van der Waals surface area contributed by atoms with E-state index < -0.39 is 0 Å². The van der Waals surface area contributed by atoms with E-state index in [1.165, 1.54) is 0 Å². The van der Waals surface area contributed by atoms with E-state index in [1.807, 2.05) is 29.8 Å². The molecule has 5 heteroatoms. The minimum absolute atomic E-state index is 0.756. The van der Waals surface area contributed by atoms with Crippen LogP contribution in [0, 0.1) is 0 Å². The van der Waals surface area contributed by atoms with Crippen LogP contribution in [0.25, 0.3) is 11.0 Å². The fourth-order valence-corrected chi connectivity index (χ4v) is 1.93. The van der Waals surface area contributed by atoms with E-state index in [1.54, 1.807) is 7.05 Å². The second-order valence-electron chi connectivity index (χ2n) is 4.46. The lowest BCUT2D eigenvalue weighted by molar-refractivity contribution is 0.752. The third kappa shape index (κ3) is 3.05. The molecule has 0 saturated heterocycles. The fourth-order valence-electron chi connectivity index (χ4n) is 1.93. The summed E-state index contributed by atoms with van der Waals surface area (Å²) >= 11 is 0. The normalized spacial score (nSPS) is 11.8. The van der Waals surface area contributed by atoms with Crippen LogP contribution >= 0.6 is 0 Å². The zero-order chi connectivity index (χ0) is 13.7. The van der Waals surface area contributed by atoms with Crippen LogP contribution in [0.5, 0.6) is 0 Å². The molecule has 0 amide bonds. The number of aryl methyl sites for hydroxylation is 1. The van der Waals surface area contributed by atoms with Gasteiger partial charge in [-0.2, -0.15) is 0 Å². The molecule has 0 aliphatic heterocycles. The number of anilines is 1. The van der Waals surface area contributed by atoms with Crippen molar-refractivity contribution < 1.29 is 0 Å². The molecule has 0 radical (unpaired) electrons. The van der Waals surface area contributed by atoms with Crippen LogP contribution in [-0.4, -0.2) is 29.1 Å². The van der Waals surface area contributed by atoms with Gasteiger partial charge in [-0.1, -0.05) is 25.5 Å². The van der Waals surface area contributed by atoms with Crippen molar-refractivity contribution in [3.8, 4) is 0 Å². The van der Waals surface area contributed by atoms with E-state index in [0.717, 1.165) is 42.3 Å². The number of benzene rings is 1. The summed E-state index contributed by atoms with van der Waals surface area (Å²) in [5, 5.41) is 6.51. The first-order valence-corrected chi connectivity index (χ1v) is 6.65. The highest BCUT2D eigenvalue weighted by Gasteiger charge is 2.08. The molecule has 0 atom stereocenters. The number of aromatic nitrogens is 2. The molecular formula is C14H21N5. The first-order valence-electron chi connectivity index (χ1n) is 6.65. The van der Waals surface area contributed by atoms with Crippen LogP contribution in [0.15, 0.2) is 29.3 Å². The Morgan fingerprint density at radius 3 is 2.84 bits per heavy atom. The zero-order valence-corrected chi connectivity index (χ0v) is 11.8. The quantitative estimate of drug-likeness (QED) is 0.503. The average Bonchev–Trinajstić information content (AvgIpc) is 2.75. The first kappa shape index (κ1) is 13.4. The molecule has 1 heterocycles. The van der Waals surface area contributed by atoms with Crippen LogP contribution < -0.4 is 10.6 Å². The fraction of sp³-hybridized carbons (Fsp3) is 0.429. The maximum absolute atomic E-state index is 4.56. The number of guanidine groups is 1. The maximum Gasteiger partial charge on any atom is 0.210 e. The molecule has 0 unspecified atom stereocenters. The van der Waals surface area contributed by atoms with Gasteiger partial charge in [0.2, 0.25) is 5.95 Å². The van der Waals surface area contributed by atoms with Gasteiger partial charge in [0.05, 0.1) is 11.0 Å². The van der Waals surface area contributed by atoms with Gasteiger partial charge in [-0.25, -0.2) is 4.98 Å². The van der Waals surface area contributed by atoms with Crippen LogP contribution in [0.3, 0.4) is 0 Å². The van der Waals surface area contributed by atoms with Gasteiger partial charge in [0.25, 0.3) is 0 Å². The minimum atomic E-state index is 0.756. The van der Waals surface area contributed by atoms with Crippen LogP contribution in [0.1, 0.15) is 19.8 Å². The Morgan fingerprint density at radius 2 is 2.16 bits per heavy atom. The van der Waals surface area contributed by atoms with Crippen molar-refractivity contribution in [1.29, 1.82) is 0 Å². The average molecular weight is 259 g/mol.